The molecular weight excluding hydrogens is 212 g/mol. The third kappa shape index (κ3) is 3.99. The number of carbonyl (C=O) groups is 1. The second-order valence-electron chi connectivity index (χ2n) is 3.18. The van der Waals surface area contributed by atoms with E-state index in [1.165, 1.54) is 0 Å². The van der Waals surface area contributed by atoms with E-state index in [1.54, 1.807) is 11.3 Å². The lowest BCUT2D eigenvalue weighted by atomic mass is 10.2. The lowest BCUT2D eigenvalue weighted by Crippen LogP contribution is -2.40. The van der Waals surface area contributed by atoms with E-state index in [2.05, 4.69) is 5.43 Å². The highest BCUT2D eigenvalue weighted by Gasteiger charge is 2.16. The minimum absolute atomic E-state index is 0.256. The highest BCUT2D eigenvalue weighted by molar-refractivity contribution is 7.09. The molecule has 0 aliphatic rings. The van der Waals surface area contributed by atoms with Crippen LogP contribution in [0.15, 0.2) is 17.5 Å². The molecule has 0 radical (unpaired) electrons. The van der Waals surface area contributed by atoms with Crippen molar-refractivity contribution in [2.45, 2.75) is 32.5 Å². The lowest BCUT2D eigenvalue weighted by Gasteiger charge is -2.14. The molecule has 1 amide bonds. The molecule has 0 spiro atoms. The first-order chi connectivity index (χ1) is 7.27. The molecule has 1 heterocycles. The summed E-state index contributed by atoms with van der Waals surface area (Å²) in [7, 11) is 0. The summed E-state index contributed by atoms with van der Waals surface area (Å²) in [4.78, 5) is 12.4. The van der Waals surface area contributed by atoms with Crippen LogP contribution in [0.3, 0.4) is 0 Å². The molecule has 0 aromatic carbocycles. The number of nitrogens with two attached hydrogens (primary N) is 1. The topological polar surface area (TPSA) is 64.3 Å². The van der Waals surface area contributed by atoms with E-state index in [4.69, 9.17) is 10.6 Å². The first-order valence-electron chi connectivity index (χ1n) is 4.92. The van der Waals surface area contributed by atoms with Crippen molar-refractivity contribution in [1.82, 2.24) is 5.43 Å². The average molecular weight is 228 g/mol. The second-order valence-corrected chi connectivity index (χ2v) is 4.21. The van der Waals surface area contributed by atoms with Crippen LogP contribution in [0.5, 0.6) is 0 Å². The molecule has 3 N–H and O–H groups in total. The predicted octanol–water partition coefficient (Wildman–Crippen LogP) is 1.42. The summed E-state index contributed by atoms with van der Waals surface area (Å²) in [5.41, 5.74) is 2.12. The standard InChI is InChI=1S/C10H16N2O2S/c1-2-4-9(10(13)12-11)14-7-8-5-3-6-15-8/h3,5-6,9H,2,4,7,11H2,1H3,(H,12,13). The van der Waals surface area contributed by atoms with Gasteiger partial charge in [-0.3, -0.25) is 10.2 Å². The average Bonchev–Trinajstić information content (AvgIpc) is 2.76. The Morgan fingerprint density at radius 1 is 1.73 bits per heavy atom. The molecule has 1 aromatic heterocycles. The smallest absolute Gasteiger partial charge is 0.263 e. The van der Waals surface area contributed by atoms with Crippen molar-refractivity contribution >= 4 is 17.2 Å². The zero-order chi connectivity index (χ0) is 11.1. The van der Waals surface area contributed by atoms with Gasteiger partial charge < -0.3 is 4.74 Å². The van der Waals surface area contributed by atoms with Gasteiger partial charge in [-0.1, -0.05) is 19.4 Å². The molecule has 0 saturated heterocycles. The molecule has 0 aliphatic heterocycles. The Morgan fingerprint density at radius 3 is 3.07 bits per heavy atom. The van der Waals surface area contributed by atoms with Crippen LogP contribution in [0, 0.1) is 0 Å². The van der Waals surface area contributed by atoms with Gasteiger partial charge in [0.1, 0.15) is 6.10 Å². The van der Waals surface area contributed by atoms with Gasteiger partial charge in [-0.25, -0.2) is 5.84 Å². The molecule has 84 valence electrons. The van der Waals surface area contributed by atoms with E-state index in [9.17, 15) is 4.79 Å². The molecule has 0 saturated carbocycles. The predicted molar refractivity (Wildman–Crippen MR) is 60.1 cm³/mol. The highest BCUT2D eigenvalue weighted by Crippen LogP contribution is 2.12. The lowest BCUT2D eigenvalue weighted by molar-refractivity contribution is -0.134. The Morgan fingerprint density at radius 2 is 2.53 bits per heavy atom. The number of hydrogen-bond donors (Lipinski definition) is 2. The van der Waals surface area contributed by atoms with Crippen molar-refractivity contribution in [3.63, 3.8) is 0 Å². The number of carbonyl (C=O) groups excluding carboxylic acids is 1. The largest absolute Gasteiger partial charge is 0.363 e. The fraction of sp³-hybridized carbons (Fsp3) is 0.500. The van der Waals surface area contributed by atoms with E-state index in [0.29, 0.717) is 13.0 Å². The van der Waals surface area contributed by atoms with Crippen LogP contribution in [0.1, 0.15) is 24.6 Å². The van der Waals surface area contributed by atoms with Gasteiger partial charge in [-0.2, -0.15) is 0 Å². The van der Waals surface area contributed by atoms with E-state index in [1.807, 2.05) is 24.4 Å². The number of nitrogens with one attached hydrogen (secondary N) is 1. The van der Waals surface area contributed by atoms with Crippen molar-refractivity contribution in [1.29, 1.82) is 0 Å². The van der Waals surface area contributed by atoms with Crippen LogP contribution < -0.4 is 11.3 Å². The van der Waals surface area contributed by atoms with Crippen molar-refractivity contribution in [2.24, 2.45) is 5.84 Å². The molecule has 4 nitrogen and oxygen atoms in total. The molecular formula is C10H16N2O2S. The van der Waals surface area contributed by atoms with Crippen molar-refractivity contribution < 1.29 is 9.53 Å². The minimum Gasteiger partial charge on any atom is -0.363 e. The Balaban J connectivity index is 2.41. The van der Waals surface area contributed by atoms with Gasteiger partial charge >= 0.3 is 0 Å². The number of hydrazine groups is 1. The molecule has 1 rings (SSSR count). The van der Waals surface area contributed by atoms with E-state index in [0.717, 1.165) is 11.3 Å². The van der Waals surface area contributed by atoms with Crippen LogP contribution in [0.2, 0.25) is 0 Å². The van der Waals surface area contributed by atoms with Gasteiger partial charge in [0.25, 0.3) is 5.91 Å². The van der Waals surface area contributed by atoms with Crippen molar-refractivity contribution in [2.75, 3.05) is 0 Å². The zero-order valence-corrected chi connectivity index (χ0v) is 9.55. The number of ether oxygens (including phenoxy) is 1. The zero-order valence-electron chi connectivity index (χ0n) is 8.73. The Bertz CT molecular complexity index is 288. The van der Waals surface area contributed by atoms with Gasteiger partial charge in [0.2, 0.25) is 0 Å². The molecule has 5 heteroatoms. The Hall–Kier alpha value is -0.910. The SMILES string of the molecule is CCCC(OCc1cccs1)C(=O)NN. The maximum atomic E-state index is 11.3. The summed E-state index contributed by atoms with van der Waals surface area (Å²) in [5, 5.41) is 1.98. The molecule has 0 fully saturated rings. The molecule has 0 bridgehead atoms. The van der Waals surface area contributed by atoms with Crippen LogP contribution in [-0.2, 0) is 16.1 Å². The molecule has 0 aliphatic carbocycles. The van der Waals surface area contributed by atoms with Crippen LogP contribution in [0.4, 0.5) is 0 Å². The minimum atomic E-state index is -0.443. The van der Waals surface area contributed by atoms with E-state index in [-0.39, 0.29) is 5.91 Å². The van der Waals surface area contributed by atoms with Crippen molar-refractivity contribution in [3.05, 3.63) is 22.4 Å². The quantitative estimate of drug-likeness (QED) is 0.440. The highest BCUT2D eigenvalue weighted by atomic mass is 32.1. The summed E-state index contributed by atoms with van der Waals surface area (Å²) in [6, 6.07) is 3.94. The molecule has 15 heavy (non-hydrogen) atoms. The van der Waals surface area contributed by atoms with Crippen molar-refractivity contribution in [3.8, 4) is 0 Å². The Kier molecular flexibility index (Phi) is 5.31. The molecule has 1 aromatic rings. The van der Waals surface area contributed by atoms with Gasteiger partial charge in [-0.05, 0) is 17.9 Å². The summed E-state index contributed by atoms with van der Waals surface area (Å²) >= 11 is 1.61. The van der Waals surface area contributed by atoms with Gasteiger partial charge in [0.15, 0.2) is 0 Å². The summed E-state index contributed by atoms with van der Waals surface area (Å²) < 4.78 is 5.50. The fourth-order valence-corrected chi connectivity index (χ4v) is 1.85. The first-order valence-corrected chi connectivity index (χ1v) is 5.80. The van der Waals surface area contributed by atoms with Crippen LogP contribution in [0.25, 0.3) is 0 Å². The van der Waals surface area contributed by atoms with Gasteiger partial charge in [0, 0.05) is 4.88 Å². The van der Waals surface area contributed by atoms with E-state index < -0.39 is 6.10 Å². The summed E-state index contributed by atoms with van der Waals surface area (Å²) in [6.45, 7) is 2.47. The third-order valence-electron chi connectivity index (χ3n) is 1.99. The summed E-state index contributed by atoms with van der Waals surface area (Å²) in [5.74, 6) is 4.82. The second kappa shape index (κ2) is 6.55. The Labute approximate surface area is 93.4 Å². The van der Waals surface area contributed by atoms with Crippen LogP contribution >= 0.6 is 11.3 Å². The molecule has 1 atom stereocenters. The van der Waals surface area contributed by atoms with Crippen LogP contribution in [-0.4, -0.2) is 12.0 Å². The monoisotopic (exact) mass is 228 g/mol. The van der Waals surface area contributed by atoms with E-state index >= 15 is 0 Å². The summed E-state index contributed by atoms with van der Waals surface area (Å²) in [6.07, 6.45) is 1.14. The maximum absolute atomic E-state index is 11.3. The normalized spacial score (nSPS) is 12.4. The number of thiophene rings is 1. The van der Waals surface area contributed by atoms with Gasteiger partial charge in [0.05, 0.1) is 6.61 Å². The number of hydrogen-bond acceptors (Lipinski definition) is 4. The molecule has 1 unspecified atom stereocenters. The number of rotatable bonds is 6. The maximum Gasteiger partial charge on any atom is 0.263 e. The third-order valence-corrected chi connectivity index (χ3v) is 2.84. The van der Waals surface area contributed by atoms with Gasteiger partial charge in [-0.15, -0.1) is 11.3 Å². The number of amides is 1. The first kappa shape index (κ1) is 12.2. The fourth-order valence-electron chi connectivity index (χ4n) is 1.22.